The van der Waals surface area contributed by atoms with E-state index >= 15 is 0 Å². The van der Waals surface area contributed by atoms with Crippen LogP contribution in [-0.2, 0) is 0 Å². The third kappa shape index (κ3) is 4.48. The van der Waals surface area contributed by atoms with Crippen molar-refractivity contribution >= 4 is 50.1 Å². The second-order valence-electron chi connectivity index (χ2n) is 8.50. The predicted molar refractivity (Wildman–Crippen MR) is 142 cm³/mol. The van der Waals surface area contributed by atoms with Gasteiger partial charge in [0.05, 0.1) is 23.6 Å². The molecule has 0 saturated carbocycles. The van der Waals surface area contributed by atoms with Crippen molar-refractivity contribution in [2.45, 2.75) is 32.2 Å². The van der Waals surface area contributed by atoms with Crippen LogP contribution in [0, 0.1) is 0 Å². The maximum absolute atomic E-state index is 13.7. The monoisotopic (exact) mass is 551 g/mol. The molecule has 0 fully saturated rings. The summed E-state index contributed by atoms with van der Waals surface area (Å²) in [4.78, 5) is 28.9. The van der Waals surface area contributed by atoms with Gasteiger partial charge in [-0.25, -0.2) is 0 Å². The van der Waals surface area contributed by atoms with Gasteiger partial charge in [0.1, 0.15) is 11.3 Å². The topological polar surface area (TPSA) is 59.8 Å². The van der Waals surface area contributed by atoms with E-state index in [2.05, 4.69) is 22.9 Å². The van der Waals surface area contributed by atoms with E-state index in [9.17, 15) is 9.59 Å². The van der Waals surface area contributed by atoms with Crippen LogP contribution in [0.3, 0.4) is 0 Å². The molecular formula is C28H23BrClNO4. The number of hydrogen-bond donors (Lipinski definition) is 0. The van der Waals surface area contributed by atoms with Gasteiger partial charge < -0.3 is 9.15 Å². The van der Waals surface area contributed by atoms with Crippen LogP contribution >= 0.6 is 27.5 Å². The lowest BCUT2D eigenvalue weighted by Gasteiger charge is -2.25. The maximum atomic E-state index is 13.7. The number of amides is 1. The van der Waals surface area contributed by atoms with E-state index in [1.807, 2.05) is 48.5 Å². The van der Waals surface area contributed by atoms with Gasteiger partial charge in [-0.1, -0.05) is 65.5 Å². The van der Waals surface area contributed by atoms with Crippen molar-refractivity contribution < 1.29 is 13.9 Å². The van der Waals surface area contributed by atoms with Crippen LogP contribution in [0.2, 0.25) is 5.02 Å². The molecule has 2 heterocycles. The summed E-state index contributed by atoms with van der Waals surface area (Å²) in [6.45, 7) is 2.80. The van der Waals surface area contributed by atoms with Gasteiger partial charge in [0, 0.05) is 15.2 Å². The number of carbonyl (C=O) groups excluding carboxylic acids is 1. The van der Waals surface area contributed by atoms with Crippen molar-refractivity contribution in [3.63, 3.8) is 0 Å². The molecule has 178 valence electrons. The van der Waals surface area contributed by atoms with Crippen LogP contribution in [0.15, 0.2) is 80.4 Å². The summed E-state index contributed by atoms with van der Waals surface area (Å²) in [5, 5.41) is 0.778. The van der Waals surface area contributed by atoms with Gasteiger partial charge in [-0.15, -0.1) is 0 Å². The molecule has 0 radical (unpaired) electrons. The zero-order valence-electron chi connectivity index (χ0n) is 19.1. The van der Waals surface area contributed by atoms with Crippen molar-refractivity contribution in [2.24, 2.45) is 0 Å². The van der Waals surface area contributed by atoms with Crippen LogP contribution < -0.4 is 15.1 Å². The Morgan fingerprint density at radius 3 is 2.57 bits per heavy atom. The summed E-state index contributed by atoms with van der Waals surface area (Å²) >= 11 is 9.66. The average molecular weight is 553 g/mol. The van der Waals surface area contributed by atoms with Gasteiger partial charge in [-0.3, -0.25) is 14.5 Å². The first-order chi connectivity index (χ1) is 17.0. The van der Waals surface area contributed by atoms with Crippen molar-refractivity contribution in [3.8, 4) is 5.75 Å². The lowest BCUT2D eigenvalue weighted by molar-refractivity contribution is 0.0971. The van der Waals surface area contributed by atoms with Gasteiger partial charge in [0.15, 0.2) is 5.43 Å². The van der Waals surface area contributed by atoms with Crippen LogP contribution in [0.25, 0.3) is 11.0 Å². The molecule has 35 heavy (non-hydrogen) atoms. The first-order valence-electron chi connectivity index (χ1n) is 11.6. The van der Waals surface area contributed by atoms with Gasteiger partial charge in [-0.2, -0.15) is 0 Å². The minimum absolute atomic E-state index is 0.0506. The predicted octanol–water partition coefficient (Wildman–Crippen LogP) is 7.53. The highest BCUT2D eigenvalue weighted by molar-refractivity contribution is 9.10. The smallest absolute Gasteiger partial charge is 0.295 e. The van der Waals surface area contributed by atoms with E-state index in [4.69, 9.17) is 20.8 Å². The van der Waals surface area contributed by atoms with E-state index in [-0.39, 0.29) is 17.1 Å². The number of nitrogens with zero attached hydrogens (tertiary/aromatic N) is 1. The van der Waals surface area contributed by atoms with Crippen LogP contribution in [0.4, 0.5) is 5.69 Å². The summed E-state index contributed by atoms with van der Waals surface area (Å²) < 4.78 is 12.7. The largest absolute Gasteiger partial charge is 0.494 e. The number of benzene rings is 3. The molecule has 3 aromatic carbocycles. The van der Waals surface area contributed by atoms with Crippen molar-refractivity contribution in [1.29, 1.82) is 0 Å². The lowest BCUT2D eigenvalue weighted by atomic mass is 9.98. The van der Waals surface area contributed by atoms with Gasteiger partial charge in [-0.05, 0) is 60.5 Å². The van der Waals surface area contributed by atoms with E-state index < -0.39 is 6.04 Å². The number of carbonyl (C=O) groups is 1. The summed E-state index contributed by atoms with van der Waals surface area (Å²) in [6, 6.07) is 19.2. The number of fused-ring (bicyclic) bond motifs is 2. The fourth-order valence-electron chi connectivity index (χ4n) is 4.44. The molecule has 1 aliphatic heterocycles. The highest BCUT2D eigenvalue weighted by atomic mass is 79.9. The second kappa shape index (κ2) is 9.88. The molecule has 1 atom stereocenters. The molecule has 0 bridgehead atoms. The Morgan fingerprint density at radius 1 is 1.03 bits per heavy atom. The highest BCUT2D eigenvalue weighted by Gasteiger charge is 2.43. The zero-order chi connectivity index (χ0) is 24.5. The quantitative estimate of drug-likeness (QED) is 0.222. The molecule has 5 rings (SSSR count). The van der Waals surface area contributed by atoms with Crippen LogP contribution in [0.1, 0.15) is 53.9 Å². The molecule has 1 aliphatic rings. The average Bonchev–Trinajstić information content (AvgIpc) is 3.15. The van der Waals surface area contributed by atoms with Crippen molar-refractivity contribution in [1.82, 2.24) is 0 Å². The molecule has 1 amide bonds. The third-order valence-electron chi connectivity index (χ3n) is 6.13. The summed E-state index contributed by atoms with van der Waals surface area (Å²) in [6.07, 6.45) is 3.25. The number of ether oxygens (including phenoxy) is 1. The molecule has 0 aliphatic carbocycles. The Kier molecular flexibility index (Phi) is 6.67. The molecule has 5 nitrogen and oxygen atoms in total. The van der Waals surface area contributed by atoms with Gasteiger partial charge in [0.2, 0.25) is 5.76 Å². The first-order valence-corrected chi connectivity index (χ1v) is 12.7. The van der Waals surface area contributed by atoms with Crippen molar-refractivity contribution in [2.75, 3.05) is 11.5 Å². The van der Waals surface area contributed by atoms with E-state index in [0.717, 1.165) is 35.0 Å². The fraction of sp³-hybridized carbons (Fsp3) is 0.214. The Hall–Kier alpha value is -3.09. The first kappa shape index (κ1) is 23.6. The summed E-state index contributed by atoms with van der Waals surface area (Å²) in [5.74, 6) is 0.437. The SMILES string of the molecule is CCCCCOc1ccc(C2c3c(oc4ccc(Cl)cc4c3=O)C(=O)N2c2cccc(Br)c2)cc1. The molecule has 4 aromatic rings. The summed E-state index contributed by atoms with van der Waals surface area (Å²) in [5.41, 5.74) is 1.81. The molecular weight excluding hydrogens is 530 g/mol. The van der Waals surface area contributed by atoms with E-state index in [1.54, 1.807) is 23.1 Å². The maximum Gasteiger partial charge on any atom is 0.295 e. The van der Waals surface area contributed by atoms with Gasteiger partial charge in [0.25, 0.3) is 5.91 Å². The normalized spacial score (nSPS) is 15.0. The van der Waals surface area contributed by atoms with Crippen LogP contribution in [0.5, 0.6) is 5.75 Å². The Labute approximate surface area is 216 Å². The van der Waals surface area contributed by atoms with Crippen molar-refractivity contribution in [3.05, 3.63) is 103 Å². The number of anilines is 1. The number of halogens is 2. The zero-order valence-corrected chi connectivity index (χ0v) is 21.4. The molecule has 0 N–H and O–H groups in total. The lowest BCUT2D eigenvalue weighted by Crippen LogP contribution is -2.29. The third-order valence-corrected chi connectivity index (χ3v) is 6.86. The standard InChI is InChI=1S/C28H23BrClNO4/c1-2-3-4-14-34-21-11-8-17(9-12-21)25-24-26(32)22-16-19(30)10-13-23(22)35-27(24)28(33)31(25)20-7-5-6-18(29)15-20/h5-13,15-16,25H,2-4,14H2,1H3. The molecule has 1 unspecified atom stereocenters. The fourth-order valence-corrected chi connectivity index (χ4v) is 5.00. The number of hydrogen-bond acceptors (Lipinski definition) is 4. The minimum Gasteiger partial charge on any atom is -0.494 e. The molecule has 0 saturated heterocycles. The van der Waals surface area contributed by atoms with E-state index in [0.29, 0.717) is 33.8 Å². The molecule has 0 spiro atoms. The molecule has 7 heteroatoms. The Morgan fingerprint density at radius 2 is 1.83 bits per heavy atom. The highest BCUT2D eigenvalue weighted by Crippen LogP contribution is 2.42. The van der Waals surface area contributed by atoms with E-state index in [1.165, 1.54) is 0 Å². The Bertz CT molecular complexity index is 1460. The van der Waals surface area contributed by atoms with Crippen LogP contribution in [-0.4, -0.2) is 12.5 Å². The van der Waals surface area contributed by atoms with Gasteiger partial charge >= 0.3 is 0 Å². The molecule has 1 aromatic heterocycles. The Balaban J connectivity index is 1.63. The number of rotatable bonds is 7. The summed E-state index contributed by atoms with van der Waals surface area (Å²) in [7, 11) is 0. The minimum atomic E-state index is -0.652. The number of unbranched alkanes of at least 4 members (excludes halogenated alkanes) is 2. The second-order valence-corrected chi connectivity index (χ2v) is 9.85.